The summed E-state index contributed by atoms with van der Waals surface area (Å²) in [6, 6.07) is 8.13. The van der Waals surface area contributed by atoms with Gasteiger partial charge in [-0.2, -0.15) is 0 Å². The summed E-state index contributed by atoms with van der Waals surface area (Å²) in [5.41, 5.74) is 1.02. The Balaban J connectivity index is 1.88. The van der Waals surface area contributed by atoms with Crippen LogP contribution in [0.5, 0.6) is 0 Å². The smallest absolute Gasteiger partial charge is 0.152 e. The lowest BCUT2D eigenvalue weighted by atomic mass is 10.0. The van der Waals surface area contributed by atoms with E-state index in [0.717, 1.165) is 29.1 Å². The van der Waals surface area contributed by atoms with Crippen molar-refractivity contribution in [3.63, 3.8) is 0 Å². The first kappa shape index (κ1) is 14.6. The predicted octanol–water partition coefficient (Wildman–Crippen LogP) is 4.68. The van der Waals surface area contributed by atoms with Gasteiger partial charge in [0.15, 0.2) is 4.34 Å². The minimum absolute atomic E-state index is 0.345. The van der Waals surface area contributed by atoms with Gasteiger partial charge >= 0.3 is 0 Å². The molecule has 1 heterocycles. The maximum absolute atomic E-state index is 12.4. The first-order chi connectivity index (χ1) is 10.2. The Kier molecular flexibility index (Phi) is 4.32. The number of thioether (sulfide) groups is 1. The van der Waals surface area contributed by atoms with E-state index < -0.39 is 0 Å². The fraction of sp³-hybridized carbons (Fsp3) is 0.412. The van der Waals surface area contributed by atoms with E-state index in [9.17, 15) is 4.79 Å². The standard InChI is InChI=1S/C17H17NOS2/c1-2-3-6-11-17(12-7-10-15(17)19)21-16-18-13-8-4-5-9-14(13)20-16/h4-5,8-9H,2,7,10-12H2,1H3. The van der Waals surface area contributed by atoms with Crippen LogP contribution in [0.25, 0.3) is 10.2 Å². The molecule has 0 saturated heterocycles. The molecule has 0 N–H and O–H groups in total. The maximum Gasteiger partial charge on any atom is 0.152 e. The Morgan fingerprint density at radius 3 is 2.95 bits per heavy atom. The second-order valence-corrected chi connectivity index (χ2v) is 7.87. The summed E-state index contributed by atoms with van der Waals surface area (Å²) in [4.78, 5) is 17.1. The molecule has 0 bridgehead atoms. The van der Waals surface area contributed by atoms with Crippen molar-refractivity contribution < 1.29 is 4.79 Å². The lowest BCUT2D eigenvalue weighted by Gasteiger charge is -2.22. The lowest BCUT2D eigenvalue weighted by molar-refractivity contribution is -0.119. The molecule has 2 nitrogen and oxygen atoms in total. The number of carbonyl (C=O) groups is 1. The molecule has 4 heteroatoms. The van der Waals surface area contributed by atoms with Crippen molar-refractivity contribution in [2.24, 2.45) is 0 Å². The van der Waals surface area contributed by atoms with Crippen LogP contribution in [0.15, 0.2) is 28.6 Å². The van der Waals surface area contributed by atoms with E-state index in [0.29, 0.717) is 18.6 Å². The van der Waals surface area contributed by atoms with Crippen LogP contribution in [-0.2, 0) is 4.79 Å². The number of benzene rings is 1. The Morgan fingerprint density at radius 1 is 1.38 bits per heavy atom. The van der Waals surface area contributed by atoms with Crippen molar-refractivity contribution in [2.75, 3.05) is 0 Å². The molecule has 0 spiro atoms. The number of fused-ring (bicyclic) bond motifs is 1. The SMILES string of the molecule is CCC#CCC1(Sc2nc3ccccc3s2)CCCC1=O. The summed E-state index contributed by atoms with van der Waals surface area (Å²) in [6.45, 7) is 2.04. The summed E-state index contributed by atoms with van der Waals surface area (Å²) in [5, 5.41) is 0. The molecule has 0 radical (unpaired) electrons. The summed E-state index contributed by atoms with van der Waals surface area (Å²) in [6.07, 6.45) is 4.08. The molecule has 1 atom stereocenters. The molecule has 108 valence electrons. The first-order valence-corrected chi connectivity index (χ1v) is 8.90. The Morgan fingerprint density at radius 2 is 2.24 bits per heavy atom. The van der Waals surface area contributed by atoms with E-state index in [4.69, 9.17) is 0 Å². The van der Waals surface area contributed by atoms with Crippen LogP contribution < -0.4 is 0 Å². The third kappa shape index (κ3) is 3.00. The van der Waals surface area contributed by atoms with Crippen LogP contribution in [0, 0.1) is 11.8 Å². The van der Waals surface area contributed by atoms with Gasteiger partial charge < -0.3 is 0 Å². The van der Waals surface area contributed by atoms with Crippen molar-refractivity contribution in [1.82, 2.24) is 4.98 Å². The summed E-state index contributed by atoms with van der Waals surface area (Å²) >= 11 is 3.31. The normalized spacial score (nSPS) is 21.5. The van der Waals surface area contributed by atoms with Crippen molar-refractivity contribution >= 4 is 39.1 Å². The minimum atomic E-state index is -0.365. The average molecular weight is 315 g/mol. The quantitative estimate of drug-likeness (QED) is 0.770. The zero-order valence-electron chi connectivity index (χ0n) is 12.0. The molecule has 1 aliphatic carbocycles. The zero-order chi connectivity index (χ0) is 14.7. The highest BCUT2D eigenvalue weighted by atomic mass is 32.2. The van der Waals surface area contributed by atoms with Crippen molar-refractivity contribution in [1.29, 1.82) is 0 Å². The fourth-order valence-corrected chi connectivity index (χ4v) is 5.32. The maximum atomic E-state index is 12.4. The molecule has 1 fully saturated rings. The Labute approximate surface area is 133 Å². The Hall–Kier alpha value is -1.31. The number of para-hydroxylation sites is 1. The van der Waals surface area contributed by atoms with Crippen molar-refractivity contribution in [3.05, 3.63) is 24.3 Å². The van der Waals surface area contributed by atoms with Gasteiger partial charge in [-0.15, -0.1) is 23.2 Å². The number of hydrogen-bond acceptors (Lipinski definition) is 4. The van der Waals surface area contributed by atoms with Gasteiger partial charge in [-0.1, -0.05) is 30.8 Å². The van der Waals surface area contributed by atoms with Gasteiger partial charge in [0, 0.05) is 19.3 Å². The molecule has 2 aromatic rings. The van der Waals surface area contributed by atoms with Crippen LogP contribution in [0.4, 0.5) is 0 Å². The largest absolute Gasteiger partial charge is 0.298 e. The van der Waals surface area contributed by atoms with Crippen LogP contribution in [0.3, 0.4) is 0 Å². The van der Waals surface area contributed by atoms with E-state index in [2.05, 4.69) is 22.9 Å². The highest BCUT2D eigenvalue weighted by Gasteiger charge is 2.43. The van der Waals surface area contributed by atoms with Gasteiger partial charge in [-0.3, -0.25) is 4.79 Å². The van der Waals surface area contributed by atoms with Gasteiger partial charge in [0.1, 0.15) is 5.78 Å². The first-order valence-electron chi connectivity index (χ1n) is 7.27. The van der Waals surface area contributed by atoms with Crippen LogP contribution >= 0.6 is 23.1 Å². The third-order valence-electron chi connectivity index (χ3n) is 3.73. The Bertz CT molecular complexity index is 692. The minimum Gasteiger partial charge on any atom is -0.298 e. The monoisotopic (exact) mass is 315 g/mol. The van der Waals surface area contributed by atoms with Gasteiger partial charge in [0.2, 0.25) is 0 Å². The van der Waals surface area contributed by atoms with Gasteiger partial charge in [0.05, 0.1) is 15.0 Å². The van der Waals surface area contributed by atoms with Crippen LogP contribution in [-0.4, -0.2) is 15.5 Å². The topological polar surface area (TPSA) is 30.0 Å². The second-order valence-electron chi connectivity index (χ2n) is 5.20. The molecule has 1 aromatic heterocycles. The number of thiazole rings is 1. The van der Waals surface area contributed by atoms with E-state index in [1.165, 1.54) is 4.70 Å². The molecule has 1 aliphatic rings. The fourth-order valence-electron chi connectivity index (χ4n) is 2.62. The molecule has 1 saturated carbocycles. The van der Waals surface area contributed by atoms with Crippen LogP contribution in [0.1, 0.15) is 39.0 Å². The van der Waals surface area contributed by atoms with E-state index in [1.807, 2.05) is 25.1 Å². The molecular formula is C17H17NOS2. The van der Waals surface area contributed by atoms with Gasteiger partial charge in [0.25, 0.3) is 0 Å². The summed E-state index contributed by atoms with van der Waals surface area (Å²) in [5.74, 6) is 6.63. The highest BCUT2D eigenvalue weighted by Crippen LogP contribution is 2.47. The van der Waals surface area contributed by atoms with Gasteiger partial charge in [-0.25, -0.2) is 4.98 Å². The van der Waals surface area contributed by atoms with Crippen LogP contribution in [0.2, 0.25) is 0 Å². The van der Waals surface area contributed by atoms with Gasteiger partial charge in [-0.05, 0) is 25.0 Å². The van der Waals surface area contributed by atoms with E-state index in [-0.39, 0.29) is 4.75 Å². The molecule has 1 unspecified atom stereocenters. The number of nitrogens with zero attached hydrogens (tertiary/aromatic N) is 1. The molecule has 0 aliphatic heterocycles. The predicted molar refractivity (Wildman–Crippen MR) is 89.8 cm³/mol. The molecular weight excluding hydrogens is 298 g/mol. The summed E-state index contributed by atoms with van der Waals surface area (Å²) in [7, 11) is 0. The lowest BCUT2D eigenvalue weighted by Crippen LogP contribution is -2.29. The number of rotatable bonds is 3. The number of aromatic nitrogens is 1. The van der Waals surface area contributed by atoms with Crippen molar-refractivity contribution in [3.8, 4) is 11.8 Å². The number of Topliss-reactive ketones (excluding diaryl/α,β-unsaturated/α-hetero) is 1. The molecule has 3 rings (SSSR count). The number of hydrogen-bond donors (Lipinski definition) is 0. The number of carbonyl (C=O) groups excluding carboxylic acids is 1. The molecule has 21 heavy (non-hydrogen) atoms. The molecule has 0 amide bonds. The zero-order valence-corrected chi connectivity index (χ0v) is 13.6. The highest BCUT2D eigenvalue weighted by molar-refractivity contribution is 8.03. The van der Waals surface area contributed by atoms with E-state index >= 15 is 0 Å². The van der Waals surface area contributed by atoms with Crippen molar-refractivity contribution in [2.45, 2.75) is 48.1 Å². The van der Waals surface area contributed by atoms with E-state index in [1.54, 1.807) is 23.1 Å². The third-order valence-corrected chi connectivity index (χ3v) is 6.29. The second kappa shape index (κ2) is 6.21. The summed E-state index contributed by atoms with van der Waals surface area (Å²) < 4.78 is 1.81. The average Bonchev–Trinajstić information content (AvgIpc) is 3.03. The number of ketones is 1. The molecule has 1 aromatic carbocycles.